The van der Waals surface area contributed by atoms with Crippen molar-refractivity contribution in [2.45, 2.75) is 18.9 Å². The van der Waals surface area contributed by atoms with Gasteiger partial charge in [-0.05, 0) is 26.4 Å². The summed E-state index contributed by atoms with van der Waals surface area (Å²) in [4.78, 5) is 12.8. The molecule has 2 rings (SSSR count). The Balaban J connectivity index is 1.99. The van der Waals surface area contributed by atoms with E-state index in [1.165, 1.54) is 25.6 Å². The number of hydrogen-bond donors (Lipinski definition) is 0. The first-order valence-electron chi connectivity index (χ1n) is 5.84. The molecular weight excluding hydrogens is 214 g/mol. The van der Waals surface area contributed by atoms with Crippen molar-refractivity contribution in [1.82, 2.24) is 14.9 Å². The summed E-state index contributed by atoms with van der Waals surface area (Å²) in [5, 5.41) is 8.66. The smallest absolute Gasteiger partial charge is 0.158 e. The second kappa shape index (κ2) is 5.11. The zero-order chi connectivity index (χ0) is 12.3. The Hall–Kier alpha value is -1.67. The summed E-state index contributed by atoms with van der Waals surface area (Å²) in [5.74, 6) is 0.823. The molecule has 1 saturated heterocycles. The monoisotopic (exact) mass is 231 g/mol. The van der Waals surface area contributed by atoms with Crippen molar-refractivity contribution >= 4 is 5.82 Å². The van der Waals surface area contributed by atoms with Crippen molar-refractivity contribution in [2.24, 2.45) is 0 Å². The second-order valence-electron chi connectivity index (χ2n) is 4.53. The summed E-state index contributed by atoms with van der Waals surface area (Å²) in [6.07, 6.45) is 5.69. The minimum absolute atomic E-state index is 0.361. The van der Waals surface area contributed by atoms with Gasteiger partial charge in [-0.3, -0.25) is 0 Å². The predicted octanol–water partition coefficient (Wildman–Crippen LogP) is 0.879. The van der Waals surface area contributed by atoms with Crippen LogP contribution in [0.25, 0.3) is 0 Å². The van der Waals surface area contributed by atoms with Crippen LogP contribution < -0.4 is 4.90 Å². The SMILES string of the molecule is CN(CC1CCCN1C)c1cnc(C#N)cn1. The van der Waals surface area contributed by atoms with Crippen LogP contribution in [0.4, 0.5) is 5.82 Å². The lowest BCUT2D eigenvalue weighted by Gasteiger charge is -2.26. The van der Waals surface area contributed by atoms with Crippen LogP contribution in [-0.2, 0) is 0 Å². The van der Waals surface area contributed by atoms with Crippen LogP contribution in [0.2, 0.25) is 0 Å². The second-order valence-corrected chi connectivity index (χ2v) is 4.53. The van der Waals surface area contributed by atoms with Crippen molar-refractivity contribution in [2.75, 3.05) is 32.1 Å². The Morgan fingerprint density at radius 1 is 1.53 bits per heavy atom. The minimum Gasteiger partial charge on any atom is -0.357 e. The maximum atomic E-state index is 8.66. The fourth-order valence-corrected chi connectivity index (χ4v) is 2.20. The third-order valence-electron chi connectivity index (χ3n) is 3.30. The van der Waals surface area contributed by atoms with Gasteiger partial charge in [-0.1, -0.05) is 0 Å². The Bertz CT molecular complexity index is 408. The normalized spacial score (nSPS) is 20.2. The van der Waals surface area contributed by atoms with Crippen molar-refractivity contribution in [3.05, 3.63) is 18.1 Å². The number of nitrogens with zero attached hydrogens (tertiary/aromatic N) is 5. The first kappa shape index (κ1) is 11.8. The third-order valence-corrected chi connectivity index (χ3v) is 3.30. The fourth-order valence-electron chi connectivity index (χ4n) is 2.20. The molecule has 0 aromatic carbocycles. The van der Waals surface area contributed by atoms with Crippen LogP contribution >= 0.6 is 0 Å². The average Bonchev–Trinajstić information content (AvgIpc) is 2.75. The van der Waals surface area contributed by atoms with Crippen LogP contribution in [-0.4, -0.2) is 48.1 Å². The van der Waals surface area contributed by atoms with Gasteiger partial charge in [0.25, 0.3) is 0 Å². The van der Waals surface area contributed by atoms with Crippen LogP contribution in [0.3, 0.4) is 0 Å². The molecule has 5 heteroatoms. The predicted molar refractivity (Wildman–Crippen MR) is 65.7 cm³/mol. The van der Waals surface area contributed by atoms with Crippen LogP contribution in [0.5, 0.6) is 0 Å². The Kier molecular flexibility index (Phi) is 3.55. The Morgan fingerprint density at radius 3 is 2.88 bits per heavy atom. The van der Waals surface area contributed by atoms with E-state index in [1.807, 2.05) is 13.1 Å². The van der Waals surface area contributed by atoms with E-state index in [9.17, 15) is 0 Å². The van der Waals surface area contributed by atoms with E-state index in [0.29, 0.717) is 11.7 Å². The fraction of sp³-hybridized carbons (Fsp3) is 0.583. The number of likely N-dealkylation sites (tertiary alicyclic amines) is 1. The number of hydrogen-bond acceptors (Lipinski definition) is 5. The number of anilines is 1. The van der Waals surface area contributed by atoms with Crippen molar-refractivity contribution < 1.29 is 0 Å². The van der Waals surface area contributed by atoms with Gasteiger partial charge >= 0.3 is 0 Å². The molecule has 2 heterocycles. The van der Waals surface area contributed by atoms with Gasteiger partial charge in [0.15, 0.2) is 5.69 Å². The molecule has 0 bridgehead atoms. The zero-order valence-electron chi connectivity index (χ0n) is 10.3. The maximum absolute atomic E-state index is 8.66. The molecule has 1 aromatic rings. The molecule has 1 aromatic heterocycles. The molecule has 1 atom stereocenters. The van der Waals surface area contributed by atoms with Gasteiger partial charge in [0, 0.05) is 19.6 Å². The molecule has 90 valence electrons. The standard InChI is InChI=1S/C12H17N5/c1-16-5-3-4-11(16)9-17(2)12-8-14-10(6-13)7-15-12/h7-8,11H,3-5,9H2,1-2H3. The largest absolute Gasteiger partial charge is 0.357 e. The van der Waals surface area contributed by atoms with Gasteiger partial charge < -0.3 is 9.80 Å². The quantitative estimate of drug-likeness (QED) is 0.773. The summed E-state index contributed by atoms with van der Waals surface area (Å²) in [6.45, 7) is 2.13. The van der Waals surface area contributed by atoms with Gasteiger partial charge in [0.1, 0.15) is 11.9 Å². The van der Waals surface area contributed by atoms with Crippen LogP contribution in [0, 0.1) is 11.3 Å². The molecule has 0 spiro atoms. The Labute approximate surface area is 102 Å². The molecule has 1 unspecified atom stereocenters. The molecule has 1 aliphatic heterocycles. The van der Waals surface area contributed by atoms with Crippen molar-refractivity contribution in [3.63, 3.8) is 0 Å². The first-order valence-corrected chi connectivity index (χ1v) is 5.84. The van der Waals surface area contributed by atoms with Gasteiger partial charge in [-0.25, -0.2) is 9.97 Å². The topological polar surface area (TPSA) is 56.0 Å². The van der Waals surface area contributed by atoms with E-state index in [2.05, 4.69) is 26.8 Å². The summed E-state index contributed by atoms with van der Waals surface area (Å²) in [5.41, 5.74) is 0.361. The summed E-state index contributed by atoms with van der Waals surface area (Å²) in [6, 6.07) is 2.57. The molecule has 1 aliphatic rings. The van der Waals surface area contributed by atoms with E-state index in [4.69, 9.17) is 5.26 Å². The highest BCUT2D eigenvalue weighted by Crippen LogP contribution is 2.17. The average molecular weight is 231 g/mol. The molecule has 5 nitrogen and oxygen atoms in total. The molecular formula is C12H17N5. The zero-order valence-corrected chi connectivity index (χ0v) is 10.3. The highest BCUT2D eigenvalue weighted by atomic mass is 15.2. The summed E-state index contributed by atoms with van der Waals surface area (Å²) >= 11 is 0. The lowest BCUT2D eigenvalue weighted by Crippen LogP contribution is -2.37. The van der Waals surface area contributed by atoms with Gasteiger partial charge in [-0.15, -0.1) is 0 Å². The van der Waals surface area contributed by atoms with E-state index in [1.54, 1.807) is 6.20 Å². The van der Waals surface area contributed by atoms with Gasteiger partial charge in [0.2, 0.25) is 0 Å². The lowest BCUT2D eigenvalue weighted by molar-refractivity contribution is 0.314. The molecule has 0 radical (unpaired) electrons. The molecule has 0 aliphatic carbocycles. The highest BCUT2D eigenvalue weighted by Gasteiger charge is 2.22. The molecule has 0 saturated carbocycles. The number of aromatic nitrogens is 2. The maximum Gasteiger partial charge on any atom is 0.158 e. The van der Waals surface area contributed by atoms with E-state index < -0.39 is 0 Å². The third kappa shape index (κ3) is 2.71. The van der Waals surface area contributed by atoms with Crippen molar-refractivity contribution in [3.8, 4) is 6.07 Å². The number of nitriles is 1. The number of rotatable bonds is 3. The number of likely N-dealkylation sites (N-methyl/N-ethyl adjacent to an activating group) is 2. The highest BCUT2D eigenvalue weighted by molar-refractivity contribution is 5.36. The molecule has 17 heavy (non-hydrogen) atoms. The van der Waals surface area contributed by atoms with Gasteiger partial charge in [-0.2, -0.15) is 5.26 Å². The molecule has 0 amide bonds. The summed E-state index contributed by atoms with van der Waals surface area (Å²) in [7, 11) is 4.18. The van der Waals surface area contributed by atoms with E-state index in [0.717, 1.165) is 12.4 Å². The van der Waals surface area contributed by atoms with Crippen LogP contribution in [0.15, 0.2) is 12.4 Å². The van der Waals surface area contributed by atoms with Crippen LogP contribution in [0.1, 0.15) is 18.5 Å². The Morgan fingerprint density at radius 2 is 2.35 bits per heavy atom. The first-order chi connectivity index (χ1) is 8.20. The molecule has 1 fully saturated rings. The minimum atomic E-state index is 0.361. The van der Waals surface area contributed by atoms with Gasteiger partial charge in [0.05, 0.1) is 12.4 Å². The van der Waals surface area contributed by atoms with Crippen molar-refractivity contribution in [1.29, 1.82) is 5.26 Å². The van der Waals surface area contributed by atoms with E-state index in [-0.39, 0.29) is 0 Å². The lowest BCUT2D eigenvalue weighted by atomic mass is 10.2. The molecule has 0 N–H and O–H groups in total. The summed E-state index contributed by atoms with van der Waals surface area (Å²) < 4.78 is 0. The van der Waals surface area contributed by atoms with E-state index >= 15 is 0 Å².